The molecule has 0 aliphatic carbocycles. The van der Waals surface area contributed by atoms with Crippen LogP contribution in [0, 0.1) is 0 Å². The van der Waals surface area contributed by atoms with Crippen LogP contribution in [-0.4, -0.2) is 36.1 Å². The van der Waals surface area contributed by atoms with Crippen molar-refractivity contribution in [2.75, 3.05) is 19.8 Å². The Morgan fingerprint density at radius 1 is 1.17 bits per heavy atom. The molecule has 24 heavy (non-hydrogen) atoms. The second-order valence-corrected chi connectivity index (χ2v) is 6.47. The Hall–Kier alpha value is -1.89. The summed E-state index contributed by atoms with van der Waals surface area (Å²) < 4.78 is 17.8. The Kier molecular flexibility index (Phi) is 4.51. The maximum absolute atomic E-state index is 5.96. The van der Waals surface area contributed by atoms with Gasteiger partial charge in [0.2, 0.25) is 0 Å². The third kappa shape index (κ3) is 3.31. The predicted octanol–water partition coefficient (Wildman–Crippen LogP) is 4.13. The number of hydrogen-bond donors (Lipinski definition) is 1. The average molecular weight is 389 g/mol. The van der Waals surface area contributed by atoms with Gasteiger partial charge in [-0.2, -0.15) is 0 Å². The van der Waals surface area contributed by atoms with Crippen LogP contribution in [0.5, 0.6) is 5.75 Å². The van der Waals surface area contributed by atoms with Crippen molar-refractivity contribution in [3.05, 3.63) is 46.9 Å². The zero-order chi connectivity index (χ0) is 16.4. The second kappa shape index (κ2) is 6.93. The van der Waals surface area contributed by atoms with E-state index >= 15 is 0 Å². The molecule has 2 heterocycles. The van der Waals surface area contributed by atoms with Crippen LogP contribution in [0.4, 0.5) is 0 Å². The van der Waals surface area contributed by atoms with Crippen molar-refractivity contribution in [1.29, 1.82) is 0 Å². The number of para-hydroxylation sites is 2. The molecule has 1 saturated heterocycles. The molecule has 0 atom stereocenters. The molecule has 0 saturated carbocycles. The Morgan fingerprint density at radius 3 is 2.83 bits per heavy atom. The van der Waals surface area contributed by atoms with Crippen molar-refractivity contribution in [1.82, 2.24) is 9.97 Å². The van der Waals surface area contributed by atoms with Gasteiger partial charge in [0, 0.05) is 10.9 Å². The fourth-order valence-corrected chi connectivity index (χ4v) is 3.09. The molecule has 124 valence electrons. The van der Waals surface area contributed by atoms with E-state index in [4.69, 9.17) is 14.2 Å². The Balaban J connectivity index is 1.58. The summed E-state index contributed by atoms with van der Waals surface area (Å²) in [5, 5.41) is 0. The van der Waals surface area contributed by atoms with E-state index in [0.29, 0.717) is 26.2 Å². The minimum Gasteiger partial charge on any atom is -0.493 e. The van der Waals surface area contributed by atoms with Crippen LogP contribution in [-0.2, 0) is 9.47 Å². The molecule has 1 N–H and O–H groups in total. The molecular weight excluding hydrogens is 372 g/mol. The van der Waals surface area contributed by atoms with Crippen molar-refractivity contribution in [2.45, 2.75) is 12.7 Å². The normalized spacial score (nSPS) is 15.2. The summed E-state index contributed by atoms with van der Waals surface area (Å²) in [5.74, 6) is 1.58. The lowest BCUT2D eigenvalue weighted by Gasteiger charge is -2.13. The first-order valence-corrected chi connectivity index (χ1v) is 8.69. The molecule has 2 aromatic carbocycles. The van der Waals surface area contributed by atoms with E-state index in [9.17, 15) is 0 Å². The number of nitrogens with zero attached hydrogens (tertiary/aromatic N) is 1. The molecule has 1 aliphatic heterocycles. The Bertz CT molecular complexity index is 810. The van der Waals surface area contributed by atoms with Gasteiger partial charge in [-0.3, -0.25) is 0 Å². The Morgan fingerprint density at radius 2 is 2.00 bits per heavy atom. The lowest BCUT2D eigenvalue weighted by molar-refractivity contribution is -0.0531. The number of rotatable bonds is 5. The molecule has 0 bridgehead atoms. The predicted molar refractivity (Wildman–Crippen MR) is 95.0 cm³/mol. The number of aromatic amines is 1. The van der Waals surface area contributed by atoms with Gasteiger partial charge in [0.25, 0.3) is 0 Å². The quantitative estimate of drug-likeness (QED) is 0.713. The SMILES string of the molecule is Brc1ccc(OCCC2OCCO2)c(-c2nc3ccccc3[nH]2)c1. The molecular formula is C18H17BrN2O3. The smallest absolute Gasteiger partial charge is 0.161 e. The number of halogens is 1. The topological polar surface area (TPSA) is 56.4 Å². The van der Waals surface area contributed by atoms with Gasteiger partial charge in [-0.1, -0.05) is 28.1 Å². The van der Waals surface area contributed by atoms with Gasteiger partial charge in [-0.15, -0.1) is 0 Å². The molecule has 0 spiro atoms. The highest BCUT2D eigenvalue weighted by molar-refractivity contribution is 9.10. The minimum absolute atomic E-state index is 0.157. The fourth-order valence-electron chi connectivity index (χ4n) is 2.73. The number of fused-ring (bicyclic) bond motifs is 1. The molecule has 1 aliphatic rings. The zero-order valence-corrected chi connectivity index (χ0v) is 14.6. The van der Waals surface area contributed by atoms with Crippen LogP contribution in [0.3, 0.4) is 0 Å². The first-order chi connectivity index (χ1) is 11.8. The number of benzene rings is 2. The molecule has 4 rings (SSSR count). The summed E-state index contributed by atoms with van der Waals surface area (Å²) in [4.78, 5) is 8.01. The molecule has 0 unspecified atom stereocenters. The molecule has 6 heteroatoms. The average Bonchev–Trinajstić information content (AvgIpc) is 3.25. The van der Waals surface area contributed by atoms with Crippen molar-refractivity contribution < 1.29 is 14.2 Å². The Labute approximate surface area is 148 Å². The third-order valence-corrected chi connectivity index (χ3v) is 4.38. The van der Waals surface area contributed by atoms with Gasteiger partial charge in [0.05, 0.1) is 36.4 Å². The molecule has 5 nitrogen and oxygen atoms in total. The molecule has 1 aromatic heterocycles. The monoisotopic (exact) mass is 388 g/mol. The summed E-state index contributed by atoms with van der Waals surface area (Å²) >= 11 is 3.52. The largest absolute Gasteiger partial charge is 0.493 e. The molecule has 3 aromatic rings. The summed E-state index contributed by atoms with van der Waals surface area (Å²) in [7, 11) is 0. The van der Waals surface area contributed by atoms with E-state index in [1.807, 2.05) is 42.5 Å². The third-order valence-electron chi connectivity index (χ3n) is 3.89. The molecule has 0 radical (unpaired) electrons. The van der Waals surface area contributed by atoms with E-state index in [1.54, 1.807) is 0 Å². The summed E-state index contributed by atoms with van der Waals surface area (Å²) in [5.41, 5.74) is 2.87. The maximum atomic E-state index is 5.96. The van der Waals surface area contributed by atoms with Crippen LogP contribution in [0.25, 0.3) is 22.4 Å². The summed E-state index contributed by atoms with van der Waals surface area (Å²) in [6.45, 7) is 1.85. The maximum Gasteiger partial charge on any atom is 0.161 e. The van der Waals surface area contributed by atoms with E-state index < -0.39 is 0 Å². The molecule has 0 amide bonds. The van der Waals surface area contributed by atoms with Gasteiger partial charge in [-0.05, 0) is 30.3 Å². The number of H-pyrrole nitrogens is 1. The van der Waals surface area contributed by atoms with Gasteiger partial charge in [0.15, 0.2) is 6.29 Å². The number of imidazole rings is 1. The number of aromatic nitrogens is 2. The first-order valence-electron chi connectivity index (χ1n) is 7.90. The summed E-state index contributed by atoms with van der Waals surface area (Å²) in [6, 6.07) is 13.9. The van der Waals surface area contributed by atoms with Gasteiger partial charge < -0.3 is 19.2 Å². The highest BCUT2D eigenvalue weighted by atomic mass is 79.9. The van der Waals surface area contributed by atoms with Crippen LogP contribution in [0.2, 0.25) is 0 Å². The number of ether oxygens (including phenoxy) is 3. The summed E-state index contributed by atoms with van der Waals surface area (Å²) in [6.07, 6.45) is 0.547. The van der Waals surface area contributed by atoms with Gasteiger partial charge >= 0.3 is 0 Å². The van der Waals surface area contributed by atoms with Crippen LogP contribution in [0.15, 0.2) is 46.9 Å². The number of nitrogens with one attached hydrogen (secondary N) is 1. The van der Waals surface area contributed by atoms with Crippen molar-refractivity contribution in [3.8, 4) is 17.1 Å². The fraction of sp³-hybridized carbons (Fsp3) is 0.278. The number of hydrogen-bond acceptors (Lipinski definition) is 4. The van der Waals surface area contributed by atoms with Crippen LogP contribution >= 0.6 is 15.9 Å². The lowest BCUT2D eigenvalue weighted by Crippen LogP contribution is -2.12. The van der Waals surface area contributed by atoms with Crippen LogP contribution in [0.1, 0.15) is 6.42 Å². The standard InChI is InChI=1S/C18H17BrN2O3/c19-12-5-6-16(22-8-7-17-23-9-10-24-17)13(11-12)18-20-14-3-1-2-4-15(14)21-18/h1-6,11,17H,7-10H2,(H,20,21). The lowest BCUT2D eigenvalue weighted by atomic mass is 10.2. The van der Waals surface area contributed by atoms with Crippen molar-refractivity contribution in [3.63, 3.8) is 0 Å². The van der Waals surface area contributed by atoms with Gasteiger partial charge in [0.1, 0.15) is 11.6 Å². The minimum atomic E-state index is -0.157. The van der Waals surface area contributed by atoms with Crippen LogP contribution < -0.4 is 4.74 Å². The zero-order valence-electron chi connectivity index (χ0n) is 13.0. The van der Waals surface area contributed by atoms with E-state index in [-0.39, 0.29) is 6.29 Å². The highest BCUT2D eigenvalue weighted by Gasteiger charge is 2.17. The first kappa shape index (κ1) is 15.6. The highest BCUT2D eigenvalue weighted by Crippen LogP contribution is 2.32. The van der Waals surface area contributed by atoms with Crippen molar-refractivity contribution in [2.24, 2.45) is 0 Å². The van der Waals surface area contributed by atoms with E-state index in [1.165, 1.54) is 0 Å². The van der Waals surface area contributed by atoms with E-state index in [0.717, 1.165) is 32.6 Å². The van der Waals surface area contributed by atoms with E-state index in [2.05, 4.69) is 25.9 Å². The van der Waals surface area contributed by atoms with Crippen molar-refractivity contribution >= 4 is 27.0 Å². The van der Waals surface area contributed by atoms with Gasteiger partial charge in [-0.25, -0.2) is 4.98 Å². The molecule has 1 fully saturated rings. The second-order valence-electron chi connectivity index (χ2n) is 5.55.